The van der Waals surface area contributed by atoms with Crippen molar-refractivity contribution in [2.45, 2.75) is 217 Å². The minimum Gasteiger partial charge on any atom is -0.0804 e. The van der Waals surface area contributed by atoms with Gasteiger partial charge < -0.3 is 0 Å². The summed E-state index contributed by atoms with van der Waals surface area (Å²) in [6, 6.07) is 40.9. The molecule has 7 rings (SSSR count). The van der Waals surface area contributed by atoms with Gasteiger partial charge in [0.2, 0.25) is 0 Å². The van der Waals surface area contributed by atoms with Crippen molar-refractivity contribution in [3.8, 4) is 0 Å². The summed E-state index contributed by atoms with van der Waals surface area (Å²) in [5.74, 6) is 0. The first-order valence-electron chi connectivity index (χ1n) is 25.7. The molecule has 0 fully saturated rings. The standard InChI is InChI=1S/2C14H16.C10H14.2C9H14.5C2H6.2CH4/c1-14(2,3)13-10-6-8-11-7-4-5-9-12(11)13;1-14(2,3)13-9-8-11-6-4-5-7-12(11)10-13;1-10(2,3)9-7-5-4-6-8-9;2*1-9(2,3)8-6-4-5-7-8;5*1-2;;/h2*4-10H,1-3H3;4-8H,1-3H3;4,6-7H,5H2,1-3H3;4-6H,7H2,1-3H3;5*1-2H3;2*1H4. The third kappa shape index (κ3) is 28.8. The summed E-state index contributed by atoms with van der Waals surface area (Å²) in [5, 5.41) is 5.36. The molecule has 0 nitrogen and oxygen atoms in total. The molecule has 0 saturated heterocycles. The first kappa shape index (κ1) is 72.6. The smallest absolute Gasteiger partial charge is 0.0126 e. The molecule has 0 radical (unpaired) electrons. The lowest BCUT2D eigenvalue weighted by molar-refractivity contribution is 0.496. The Kier molecular flexibility index (Phi) is 40.0. The summed E-state index contributed by atoms with van der Waals surface area (Å²) in [5.41, 5.74) is 8.73. The fourth-order valence-corrected chi connectivity index (χ4v) is 6.49. The molecule has 0 heterocycles. The molecule has 0 amide bonds. The van der Waals surface area contributed by atoms with Crippen molar-refractivity contribution in [1.29, 1.82) is 0 Å². The summed E-state index contributed by atoms with van der Waals surface area (Å²) in [4.78, 5) is 0. The molecule has 2 aliphatic carbocycles. The average Bonchev–Trinajstić information content (AvgIpc) is 4.07. The molecule has 0 saturated carbocycles. The Morgan fingerprint density at radius 1 is 0.368 bits per heavy atom. The zero-order chi connectivity index (χ0) is 51.8. The fraction of sp³-hybridized carbons (Fsp3) is 0.500. The van der Waals surface area contributed by atoms with Crippen LogP contribution in [0.15, 0.2) is 163 Å². The zero-order valence-electron chi connectivity index (χ0n) is 47.8. The summed E-state index contributed by atoms with van der Waals surface area (Å²) >= 11 is 0. The van der Waals surface area contributed by atoms with E-state index >= 15 is 0 Å². The second-order valence-corrected chi connectivity index (χ2v) is 20.3. The highest BCUT2D eigenvalue weighted by atomic mass is 14.2. The Morgan fingerprint density at radius 3 is 1.19 bits per heavy atom. The minimum atomic E-state index is 0. The first-order valence-corrected chi connectivity index (χ1v) is 25.7. The van der Waals surface area contributed by atoms with E-state index in [0.29, 0.717) is 16.2 Å². The van der Waals surface area contributed by atoms with Crippen LogP contribution in [0.4, 0.5) is 0 Å². The Bertz CT molecular complexity index is 2060. The van der Waals surface area contributed by atoms with Crippen molar-refractivity contribution in [2.75, 3.05) is 0 Å². The number of fused-ring (bicyclic) bond motifs is 2. The Hall–Kier alpha value is -4.42. The van der Waals surface area contributed by atoms with E-state index in [4.69, 9.17) is 0 Å². The van der Waals surface area contributed by atoms with Crippen LogP contribution in [-0.4, -0.2) is 0 Å². The van der Waals surface area contributed by atoms with E-state index in [9.17, 15) is 0 Å². The molecule has 68 heavy (non-hydrogen) atoms. The Labute approximate surface area is 427 Å². The lowest BCUT2D eigenvalue weighted by atomic mass is 9.84. The highest BCUT2D eigenvalue weighted by Gasteiger charge is 2.18. The van der Waals surface area contributed by atoms with Crippen LogP contribution in [-0.2, 0) is 16.2 Å². The van der Waals surface area contributed by atoms with Crippen molar-refractivity contribution in [3.63, 3.8) is 0 Å². The van der Waals surface area contributed by atoms with Gasteiger partial charge in [-0.15, -0.1) is 0 Å². The van der Waals surface area contributed by atoms with Gasteiger partial charge in [0, 0.05) is 0 Å². The summed E-state index contributed by atoms with van der Waals surface area (Å²) in [6.07, 6.45) is 15.6. The van der Waals surface area contributed by atoms with Crippen LogP contribution in [0.1, 0.15) is 217 Å². The quantitative estimate of drug-likeness (QED) is 0.145. The molecule has 0 heteroatoms. The van der Waals surface area contributed by atoms with Crippen LogP contribution in [0.2, 0.25) is 0 Å². The van der Waals surface area contributed by atoms with Crippen LogP contribution in [0.25, 0.3) is 21.5 Å². The molecule has 5 aromatic rings. The van der Waals surface area contributed by atoms with Gasteiger partial charge in [-0.3, -0.25) is 0 Å². The maximum Gasteiger partial charge on any atom is -0.0126 e. The van der Waals surface area contributed by atoms with Gasteiger partial charge in [-0.05, 0) is 83.7 Å². The zero-order valence-corrected chi connectivity index (χ0v) is 47.8. The van der Waals surface area contributed by atoms with E-state index in [0.717, 1.165) is 12.8 Å². The van der Waals surface area contributed by atoms with Crippen molar-refractivity contribution in [1.82, 2.24) is 0 Å². The number of benzene rings is 5. The van der Waals surface area contributed by atoms with E-state index in [1.54, 1.807) is 5.57 Å². The molecule has 0 N–H and O–H groups in total. The number of hydrogen-bond acceptors (Lipinski definition) is 0. The number of hydrogen-bond donors (Lipinski definition) is 0. The van der Waals surface area contributed by atoms with Crippen LogP contribution < -0.4 is 0 Å². The summed E-state index contributed by atoms with van der Waals surface area (Å²) in [6.45, 7) is 53.7. The van der Waals surface area contributed by atoms with Gasteiger partial charge in [0.25, 0.3) is 0 Å². The molecule has 0 atom stereocenters. The highest BCUT2D eigenvalue weighted by molar-refractivity contribution is 5.86. The molecule has 384 valence electrons. The van der Waals surface area contributed by atoms with Crippen molar-refractivity contribution in [3.05, 3.63) is 180 Å². The molecule has 5 aromatic carbocycles. The molecular weight excluding hydrogens is 817 g/mol. The molecule has 0 unspecified atom stereocenters. The van der Waals surface area contributed by atoms with Crippen molar-refractivity contribution in [2.24, 2.45) is 10.8 Å². The molecule has 0 aliphatic heterocycles. The summed E-state index contributed by atoms with van der Waals surface area (Å²) in [7, 11) is 0. The molecule has 2 aliphatic rings. The van der Waals surface area contributed by atoms with Crippen LogP contribution in [0, 0.1) is 10.8 Å². The highest BCUT2D eigenvalue weighted by Crippen LogP contribution is 2.32. The lowest BCUT2D eigenvalue weighted by Gasteiger charge is -2.21. The van der Waals surface area contributed by atoms with Gasteiger partial charge in [0.1, 0.15) is 0 Å². The largest absolute Gasteiger partial charge is 0.0804 e. The fourth-order valence-electron chi connectivity index (χ4n) is 6.49. The number of rotatable bonds is 0. The van der Waals surface area contributed by atoms with Gasteiger partial charge in [0.05, 0.1) is 0 Å². The van der Waals surface area contributed by atoms with Gasteiger partial charge in [-0.2, -0.15) is 0 Å². The van der Waals surface area contributed by atoms with Crippen LogP contribution in [0.5, 0.6) is 0 Å². The molecular formula is C68H112. The third-order valence-electron chi connectivity index (χ3n) is 10.2. The Morgan fingerprint density at radius 2 is 0.824 bits per heavy atom. The van der Waals surface area contributed by atoms with Gasteiger partial charge >= 0.3 is 0 Å². The summed E-state index contributed by atoms with van der Waals surface area (Å²) < 4.78 is 0. The Balaban J connectivity index is -0.000000233. The lowest BCUT2D eigenvalue weighted by Crippen LogP contribution is -2.11. The maximum absolute atomic E-state index is 2.29. The topological polar surface area (TPSA) is 0 Å². The second kappa shape index (κ2) is 37.5. The van der Waals surface area contributed by atoms with Crippen molar-refractivity contribution < 1.29 is 0 Å². The molecule has 0 aromatic heterocycles. The van der Waals surface area contributed by atoms with Crippen molar-refractivity contribution >= 4 is 21.5 Å². The third-order valence-corrected chi connectivity index (χ3v) is 10.2. The molecule has 0 bridgehead atoms. The predicted molar refractivity (Wildman–Crippen MR) is 323 cm³/mol. The van der Waals surface area contributed by atoms with E-state index in [1.165, 1.54) is 43.8 Å². The van der Waals surface area contributed by atoms with E-state index < -0.39 is 0 Å². The van der Waals surface area contributed by atoms with Gasteiger partial charge in [-0.1, -0.05) is 345 Å². The molecule has 0 spiro atoms. The second-order valence-electron chi connectivity index (χ2n) is 20.3. The maximum atomic E-state index is 2.29. The van der Waals surface area contributed by atoms with E-state index in [1.807, 2.05) is 69.2 Å². The van der Waals surface area contributed by atoms with Crippen LogP contribution >= 0.6 is 0 Å². The van der Waals surface area contributed by atoms with Crippen LogP contribution in [0.3, 0.4) is 0 Å². The monoisotopic (exact) mass is 929 g/mol. The van der Waals surface area contributed by atoms with Gasteiger partial charge in [0.15, 0.2) is 0 Å². The van der Waals surface area contributed by atoms with E-state index in [-0.39, 0.29) is 25.7 Å². The predicted octanol–water partition coefficient (Wildman–Crippen LogP) is 23.5. The number of allylic oxidation sites excluding steroid dienone is 8. The van der Waals surface area contributed by atoms with E-state index in [2.05, 4.69) is 256 Å². The normalized spacial score (nSPS) is 11.9. The van der Waals surface area contributed by atoms with Gasteiger partial charge in [-0.25, -0.2) is 0 Å². The first-order chi connectivity index (χ1) is 31.0. The minimum absolute atomic E-state index is 0. The average molecular weight is 930 g/mol. The SMILES string of the molecule is C.C.CC.CC.CC.CC.CC.CC(C)(C)C1=CC=CC1.CC(C)(C)C1=CCC=C1.CC(C)(C)c1ccc2ccccc2c1.CC(C)(C)c1cccc2ccccc12.CC(C)(C)c1ccccc1.